The van der Waals surface area contributed by atoms with E-state index in [1.165, 1.54) is 0 Å². The number of aliphatic hydroxyl groups is 1. The Labute approximate surface area is 78.1 Å². The second-order valence-electron chi connectivity index (χ2n) is 3.72. The van der Waals surface area contributed by atoms with E-state index in [4.69, 9.17) is 5.11 Å². The first-order valence-corrected chi connectivity index (χ1v) is 4.72. The molecular weight excluding hydrogens is 168 g/mol. The summed E-state index contributed by atoms with van der Waals surface area (Å²) >= 11 is 0. The van der Waals surface area contributed by atoms with Crippen LogP contribution < -0.4 is 0 Å². The number of carboxylic acids is 1. The molecule has 0 aliphatic heterocycles. The molecule has 2 N–H and O–H groups in total. The van der Waals surface area contributed by atoms with Crippen LogP contribution in [-0.2, 0) is 4.79 Å². The normalized spacial score (nSPS) is 31.8. The molecule has 1 aliphatic carbocycles. The lowest BCUT2D eigenvalue weighted by atomic mass is 9.87. The Hall–Kier alpha value is -0.830. The maximum atomic E-state index is 10.5. The van der Waals surface area contributed by atoms with Gasteiger partial charge in [-0.3, -0.25) is 4.79 Å². The summed E-state index contributed by atoms with van der Waals surface area (Å²) < 4.78 is 0. The monoisotopic (exact) mass is 184 g/mol. The van der Waals surface area contributed by atoms with Crippen LogP contribution in [0.15, 0.2) is 12.2 Å². The van der Waals surface area contributed by atoms with Gasteiger partial charge in [-0.15, -0.1) is 0 Å². The number of carboxylic acid groups (broad SMARTS) is 1. The second-order valence-corrected chi connectivity index (χ2v) is 3.72. The molecule has 0 saturated heterocycles. The Bertz CT molecular complexity index is 210. The summed E-state index contributed by atoms with van der Waals surface area (Å²) in [4.78, 5) is 10.5. The highest BCUT2D eigenvalue weighted by molar-refractivity contribution is 5.68. The van der Waals surface area contributed by atoms with Crippen LogP contribution >= 0.6 is 0 Å². The molecule has 0 fully saturated rings. The van der Waals surface area contributed by atoms with Crippen LogP contribution in [0, 0.1) is 0 Å². The van der Waals surface area contributed by atoms with Gasteiger partial charge >= 0.3 is 5.97 Å². The largest absolute Gasteiger partial charge is 0.481 e. The quantitative estimate of drug-likeness (QED) is 0.642. The van der Waals surface area contributed by atoms with E-state index >= 15 is 0 Å². The maximum absolute atomic E-state index is 10.5. The summed E-state index contributed by atoms with van der Waals surface area (Å²) in [5, 5.41) is 18.5. The molecule has 13 heavy (non-hydrogen) atoms. The summed E-state index contributed by atoms with van der Waals surface area (Å²) in [6, 6.07) is 0. The van der Waals surface area contributed by atoms with Gasteiger partial charge in [-0.25, -0.2) is 0 Å². The first kappa shape index (κ1) is 10.3. The smallest absolute Gasteiger partial charge is 0.306 e. The fourth-order valence-corrected chi connectivity index (χ4v) is 1.68. The van der Waals surface area contributed by atoms with Crippen molar-refractivity contribution in [1.82, 2.24) is 0 Å². The number of aliphatic carboxylic acids is 1. The van der Waals surface area contributed by atoms with E-state index in [0.29, 0.717) is 12.8 Å². The molecule has 0 aromatic rings. The zero-order valence-corrected chi connectivity index (χ0v) is 7.70. The molecular formula is C10H16O3. The molecule has 1 aliphatic rings. The molecule has 1 atom stereocenters. The second kappa shape index (κ2) is 4.42. The van der Waals surface area contributed by atoms with Gasteiger partial charge in [0.1, 0.15) is 0 Å². The molecule has 1 unspecified atom stereocenters. The zero-order chi connectivity index (χ0) is 9.73. The molecule has 3 nitrogen and oxygen atoms in total. The van der Waals surface area contributed by atoms with Crippen LogP contribution in [0.2, 0.25) is 0 Å². The van der Waals surface area contributed by atoms with Crippen molar-refractivity contribution >= 4 is 5.97 Å². The molecule has 0 spiro atoms. The molecule has 0 aromatic carbocycles. The minimum absolute atomic E-state index is 0.142. The van der Waals surface area contributed by atoms with Crippen LogP contribution in [0.1, 0.15) is 38.5 Å². The van der Waals surface area contributed by atoms with Crippen molar-refractivity contribution in [2.24, 2.45) is 0 Å². The van der Waals surface area contributed by atoms with Gasteiger partial charge in [0, 0.05) is 0 Å². The van der Waals surface area contributed by atoms with Crippen molar-refractivity contribution in [2.75, 3.05) is 0 Å². The van der Waals surface area contributed by atoms with Gasteiger partial charge in [-0.2, -0.15) is 0 Å². The van der Waals surface area contributed by atoms with E-state index in [1.807, 2.05) is 12.2 Å². The van der Waals surface area contributed by atoms with Crippen LogP contribution in [0.3, 0.4) is 0 Å². The Morgan fingerprint density at radius 1 is 1.38 bits per heavy atom. The third-order valence-electron chi connectivity index (χ3n) is 2.41. The van der Waals surface area contributed by atoms with E-state index in [1.54, 1.807) is 0 Å². The van der Waals surface area contributed by atoms with Crippen LogP contribution in [0.4, 0.5) is 0 Å². The Balaban J connectivity index is 2.57. The predicted molar refractivity (Wildman–Crippen MR) is 49.4 cm³/mol. The molecule has 3 heteroatoms. The molecule has 1 rings (SSSR count). The highest BCUT2D eigenvalue weighted by Gasteiger charge is 2.28. The molecule has 0 heterocycles. The Morgan fingerprint density at radius 2 is 2.15 bits per heavy atom. The summed E-state index contributed by atoms with van der Waals surface area (Å²) in [6.45, 7) is 0. The van der Waals surface area contributed by atoms with Crippen molar-refractivity contribution in [1.29, 1.82) is 0 Å². The number of hydrogen-bond acceptors (Lipinski definition) is 2. The first-order chi connectivity index (χ1) is 6.12. The molecule has 74 valence electrons. The fourth-order valence-electron chi connectivity index (χ4n) is 1.68. The highest BCUT2D eigenvalue weighted by atomic mass is 16.4. The topological polar surface area (TPSA) is 57.5 Å². The number of carbonyl (C=O) groups is 1. The summed E-state index contributed by atoms with van der Waals surface area (Å²) in [6.07, 6.45) is 7.84. The SMILES string of the molecule is O=C(O)CC1(O)C/C=C\CCCC1. The summed E-state index contributed by atoms with van der Waals surface area (Å²) in [5.41, 5.74) is -1.01. The van der Waals surface area contributed by atoms with E-state index in [0.717, 1.165) is 19.3 Å². The third-order valence-corrected chi connectivity index (χ3v) is 2.41. The lowest BCUT2D eigenvalue weighted by Crippen LogP contribution is -2.31. The number of allylic oxidation sites excluding steroid dienone is 1. The minimum atomic E-state index is -1.01. The van der Waals surface area contributed by atoms with E-state index in [2.05, 4.69) is 0 Å². The highest BCUT2D eigenvalue weighted by Crippen LogP contribution is 2.25. The Kier molecular flexibility index (Phi) is 3.48. The van der Waals surface area contributed by atoms with E-state index in [-0.39, 0.29) is 6.42 Å². The molecule has 0 amide bonds. The van der Waals surface area contributed by atoms with Gasteiger partial charge in [0.25, 0.3) is 0 Å². The number of hydrogen-bond donors (Lipinski definition) is 2. The maximum Gasteiger partial charge on any atom is 0.306 e. The van der Waals surface area contributed by atoms with Crippen LogP contribution in [-0.4, -0.2) is 21.8 Å². The number of rotatable bonds is 2. The van der Waals surface area contributed by atoms with E-state index in [9.17, 15) is 9.90 Å². The van der Waals surface area contributed by atoms with Crippen molar-refractivity contribution in [3.8, 4) is 0 Å². The fraction of sp³-hybridized carbons (Fsp3) is 0.700. The van der Waals surface area contributed by atoms with Gasteiger partial charge in [0.2, 0.25) is 0 Å². The molecule has 0 saturated carbocycles. The van der Waals surface area contributed by atoms with Gasteiger partial charge in [-0.1, -0.05) is 18.6 Å². The average molecular weight is 184 g/mol. The molecule has 0 radical (unpaired) electrons. The predicted octanol–water partition coefficient (Wildman–Crippen LogP) is 1.71. The summed E-state index contributed by atoms with van der Waals surface area (Å²) in [5.74, 6) is -0.920. The average Bonchev–Trinajstić information content (AvgIpc) is 1.97. The Morgan fingerprint density at radius 3 is 2.85 bits per heavy atom. The van der Waals surface area contributed by atoms with Crippen molar-refractivity contribution in [2.45, 2.75) is 44.1 Å². The van der Waals surface area contributed by atoms with Crippen molar-refractivity contribution in [3.63, 3.8) is 0 Å². The standard InChI is InChI=1S/C10H16O3/c11-9(12)8-10(13)6-4-2-1-3-5-7-10/h2,4,13H,1,3,5-8H2,(H,11,12)/b4-2-. The molecule has 0 aromatic heterocycles. The zero-order valence-electron chi connectivity index (χ0n) is 7.70. The first-order valence-electron chi connectivity index (χ1n) is 4.72. The minimum Gasteiger partial charge on any atom is -0.481 e. The van der Waals surface area contributed by atoms with Gasteiger partial charge in [0.05, 0.1) is 12.0 Å². The van der Waals surface area contributed by atoms with Crippen molar-refractivity contribution < 1.29 is 15.0 Å². The summed E-state index contributed by atoms with van der Waals surface area (Å²) in [7, 11) is 0. The van der Waals surface area contributed by atoms with Gasteiger partial charge < -0.3 is 10.2 Å². The third kappa shape index (κ3) is 3.59. The van der Waals surface area contributed by atoms with Crippen LogP contribution in [0.5, 0.6) is 0 Å². The van der Waals surface area contributed by atoms with Gasteiger partial charge in [-0.05, 0) is 25.7 Å². The molecule has 0 bridgehead atoms. The van der Waals surface area contributed by atoms with E-state index < -0.39 is 11.6 Å². The van der Waals surface area contributed by atoms with Gasteiger partial charge in [0.15, 0.2) is 0 Å². The van der Waals surface area contributed by atoms with Crippen LogP contribution in [0.25, 0.3) is 0 Å². The van der Waals surface area contributed by atoms with Crippen molar-refractivity contribution in [3.05, 3.63) is 12.2 Å². The lowest BCUT2D eigenvalue weighted by molar-refractivity contribution is -0.142. The lowest BCUT2D eigenvalue weighted by Gasteiger charge is -2.26.